The Balaban J connectivity index is 1.74. The number of carbonyl (C=O) groups is 2. The van der Waals surface area contributed by atoms with Crippen molar-refractivity contribution in [2.45, 2.75) is 79.2 Å². The first-order valence-electron chi connectivity index (χ1n) is 10.4. The molecular weight excluding hydrogens is 488 g/mol. The molecule has 3 aliphatic heterocycles. The van der Waals surface area contributed by atoms with Crippen LogP contribution in [-0.4, -0.2) is 162 Å². The molecule has 202 valence electrons. The van der Waals surface area contributed by atoms with Crippen LogP contribution in [-0.2, 0) is 33.3 Å². The van der Waals surface area contributed by atoms with E-state index in [1.807, 2.05) is 0 Å². The van der Waals surface area contributed by atoms with Gasteiger partial charge in [0, 0.05) is 0 Å². The molecule has 17 heteroatoms. The number of ether oxygens (including phenoxy) is 5. The van der Waals surface area contributed by atoms with E-state index < -0.39 is 111 Å². The Bertz CT molecular complexity index is 763. The van der Waals surface area contributed by atoms with Crippen LogP contribution in [0.3, 0.4) is 0 Å². The van der Waals surface area contributed by atoms with Crippen LogP contribution in [0.25, 0.3) is 0 Å². The van der Waals surface area contributed by atoms with Crippen LogP contribution in [0, 0.1) is 0 Å². The average Bonchev–Trinajstić information content (AvgIpc) is 2.84. The molecule has 0 bridgehead atoms. The molecule has 0 aromatic rings. The number of hydrogen-bond acceptors (Lipinski definition) is 17. The number of aliphatic hydroxyl groups excluding tert-OH is 9. The normalized spacial score (nSPS) is 47.7. The lowest BCUT2D eigenvalue weighted by Crippen LogP contribution is -2.72. The van der Waals surface area contributed by atoms with Crippen molar-refractivity contribution in [3.05, 3.63) is 0 Å². The van der Waals surface area contributed by atoms with Gasteiger partial charge in [-0.1, -0.05) is 0 Å². The molecular formula is C18H28O17. The number of aliphatic hydroxyl groups is 10. The zero-order chi connectivity index (χ0) is 26.2. The van der Waals surface area contributed by atoms with E-state index in [0.29, 0.717) is 0 Å². The standard InChI is InChI=1S/C18H28O17/c19-1-4-7(21)9(23)11(25)17(33-4)31-3-6-8(22)10(24)13(26)18(30,35-6)14(27)12-16(29)32-5(2-20)15(28)34-12/h4-14,17,19-27,30H,1-3H2/t4-,5?,6-,7-,8-,9+,10+,11-,12?,13-,14?,17+,18-/m1/s1. The predicted molar refractivity (Wildman–Crippen MR) is 100 cm³/mol. The summed E-state index contributed by atoms with van der Waals surface area (Å²) in [6.07, 6.45) is -23.4. The Kier molecular flexibility index (Phi) is 8.65. The van der Waals surface area contributed by atoms with Crippen LogP contribution in [0.2, 0.25) is 0 Å². The van der Waals surface area contributed by atoms with E-state index in [2.05, 4.69) is 9.47 Å². The maximum absolute atomic E-state index is 12.1. The number of rotatable bonds is 7. The summed E-state index contributed by atoms with van der Waals surface area (Å²) >= 11 is 0. The lowest BCUT2D eigenvalue weighted by Gasteiger charge is -2.49. The van der Waals surface area contributed by atoms with Gasteiger partial charge in [-0.05, 0) is 0 Å². The number of hydrogen-bond donors (Lipinski definition) is 10. The van der Waals surface area contributed by atoms with Crippen molar-refractivity contribution in [3.8, 4) is 0 Å². The predicted octanol–water partition coefficient (Wildman–Crippen LogP) is -7.84. The van der Waals surface area contributed by atoms with Crippen LogP contribution in [0.4, 0.5) is 0 Å². The highest BCUT2D eigenvalue weighted by atomic mass is 16.7. The van der Waals surface area contributed by atoms with Gasteiger partial charge < -0.3 is 74.7 Å². The van der Waals surface area contributed by atoms with E-state index in [1.54, 1.807) is 0 Å². The van der Waals surface area contributed by atoms with Crippen molar-refractivity contribution < 1.29 is 84.3 Å². The molecule has 0 radical (unpaired) electrons. The molecule has 3 heterocycles. The average molecular weight is 516 g/mol. The molecule has 3 unspecified atom stereocenters. The summed E-state index contributed by atoms with van der Waals surface area (Å²) in [4.78, 5) is 23.9. The summed E-state index contributed by atoms with van der Waals surface area (Å²) in [7, 11) is 0. The first-order chi connectivity index (χ1) is 16.4. The topological polar surface area (TPSA) is 283 Å². The minimum absolute atomic E-state index is 0.766. The Labute approximate surface area is 196 Å². The number of cyclic esters (lactones) is 2. The van der Waals surface area contributed by atoms with Crippen molar-refractivity contribution >= 4 is 11.9 Å². The minimum Gasteiger partial charge on any atom is -0.445 e. The van der Waals surface area contributed by atoms with Crippen LogP contribution < -0.4 is 0 Å². The Morgan fingerprint density at radius 1 is 0.829 bits per heavy atom. The van der Waals surface area contributed by atoms with Crippen molar-refractivity contribution in [2.75, 3.05) is 19.8 Å². The molecule has 0 amide bonds. The molecule has 0 aromatic heterocycles. The number of carbonyl (C=O) groups excluding carboxylic acids is 2. The SMILES string of the molecule is O=C1OC(C(O)[C@]2(O)O[C@H](CO[C@H]3O[C@H](CO)[C@@H](O)[C@H](O)[C@H]3O)[C@@H](O)[C@H](O)[C@H]2O)C(=O)OC1CO. The van der Waals surface area contributed by atoms with Gasteiger partial charge in [0.05, 0.1) is 19.8 Å². The lowest BCUT2D eigenvalue weighted by atomic mass is 9.87. The zero-order valence-corrected chi connectivity index (χ0v) is 17.9. The summed E-state index contributed by atoms with van der Waals surface area (Å²) in [5, 5.41) is 99.9. The second-order valence-electron chi connectivity index (χ2n) is 8.28. The van der Waals surface area contributed by atoms with Gasteiger partial charge in [0.15, 0.2) is 12.4 Å². The summed E-state index contributed by atoms with van der Waals surface area (Å²) in [6, 6.07) is 0. The Morgan fingerprint density at radius 3 is 2.06 bits per heavy atom. The summed E-state index contributed by atoms with van der Waals surface area (Å²) in [6.45, 7) is -2.54. The first-order valence-corrected chi connectivity index (χ1v) is 10.4. The molecule has 0 spiro atoms. The summed E-state index contributed by atoms with van der Waals surface area (Å²) in [5.74, 6) is -5.96. The largest absolute Gasteiger partial charge is 0.445 e. The van der Waals surface area contributed by atoms with Crippen molar-refractivity contribution in [2.24, 2.45) is 0 Å². The molecule has 0 saturated carbocycles. The second kappa shape index (κ2) is 10.8. The molecule has 35 heavy (non-hydrogen) atoms. The van der Waals surface area contributed by atoms with Crippen LogP contribution in [0.5, 0.6) is 0 Å². The Hall–Kier alpha value is -1.58. The molecule has 3 rings (SSSR count). The van der Waals surface area contributed by atoms with Crippen molar-refractivity contribution in [1.82, 2.24) is 0 Å². The van der Waals surface area contributed by atoms with E-state index in [9.17, 15) is 55.5 Å². The van der Waals surface area contributed by atoms with Gasteiger partial charge >= 0.3 is 11.9 Å². The van der Waals surface area contributed by atoms with Gasteiger partial charge in [-0.15, -0.1) is 0 Å². The third-order valence-electron chi connectivity index (χ3n) is 5.96. The zero-order valence-electron chi connectivity index (χ0n) is 17.9. The fraction of sp³-hybridized carbons (Fsp3) is 0.889. The van der Waals surface area contributed by atoms with E-state index >= 15 is 0 Å². The molecule has 3 saturated heterocycles. The quantitative estimate of drug-likeness (QED) is 0.141. The third-order valence-corrected chi connectivity index (χ3v) is 5.96. The van der Waals surface area contributed by atoms with E-state index in [4.69, 9.17) is 19.3 Å². The Morgan fingerprint density at radius 2 is 1.46 bits per heavy atom. The van der Waals surface area contributed by atoms with Gasteiger partial charge in [-0.25, -0.2) is 9.59 Å². The molecule has 17 nitrogen and oxygen atoms in total. The highest BCUT2D eigenvalue weighted by molar-refractivity contribution is 5.88. The van der Waals surface area contributed by atoms with Gasteiger partial charge in [0.2, 0.25) is 18.0 Å². The van der Waals surface area contributed by atoms with Crippen LogP contribution in [0.1, 0.15) is 0 Å². The van der Waals surface area contributed by atoms with E-state index in [1.165, 1.54) is 0 Å². The highest BCUT2D eigenvalue weighted by Crippen LogP contribution is 2.34. The molecule has 3 fully saturated rings. The minimum atomic E-state index is -3.25. The molecule has 0 aliphatic carbocycles. The third kappa shape index (κ3) is 5.14. The smallest absolute Gasteiger partial charge is 0.351 e. The summed E-state index contributed by atoms with van der Waals surface area (Å²) < 4.78 is 24.7. The fourth-order valence-electron chi connectivity index (χ4n) is 3.83. The van der Waals surface area contributed by atoms with E-state index in [-0.39, 0.29) is 0 Å². The second-order valence-corrected chi connectivity index (χ2v) is 8.28. The number of esters is 2. The molecule has 10 N–H and O–H groups in total. The monoisotopic (exact) mass is 516 g/mol. The lowest BCUT2D eigenvalue weighted by molar-refractivity contribution is -0.390. The first kappa shape index (κ1) is 28.0. The molecule has 3 aliphatic rings. The van der Waals surface area contributed by atoms with Crippen LogP contribution in [0.15, 0.2) is 0 Å². The maximum Gasteiger partial charge on any atom is 0.351 e. The van der Waals surface area contributed by atoms with Gasteiger partial charge in [0.1, 0.15) is 48.8 Å². The fourth-order valence-corrected chi connectivity index (χ4v) is 3.83. The summed E-state index contributed by atoms with van der Waals surface area (Å²) in [5.41, 5.74) is 0. The maximum atomic E-state index is 12.1. The van der Waals surface area contributed by atoms with E-state index in [0.717, 1.165) is 0 Å². The van der Waals surface area contributed by atoms with Gasteiger partial charge in [-0.3, -0.25) is 0 Å². The molecule has 0 aromatic carbocycles. The van der Waals surface area contributed by atoms with Gasteiger partial charge in [-0.2, -0.15) is 0 Å². The van der Waals surface area contributed by atoms with Crippen molar-refractivity contribution in [3.63, 3.8) is 0 Å². The highest BCUT2D eigenvalue weighted by Gasteiger charge is 2.61. The van der Waals surface area contributed by atoms with Crippen LogP contribution >= 0.6 is 0 Å². The van der Waals surface area contributed by atoms with Crippen molar-refractivity contribution in [1.29, 1.82) is 0 Å². The molecule has 13 atom stereocenters. The van der Waals surface area contributed by atoms with Gasteiger partial charge in [0.25, 0.3) is 0 Å².